The zero-order valence-corrected chi connectivity index (χ0v) is 16.4. The van der Waals surface area contributed by atoms with E-state index in [9.17, 15) is 4.79 Å². The van der Waals surface area contributed by atoms with Crippen molar-refractivity contribution in [2.75, 3.05) is 26.2 Å². The quantitative estimate of drug-likeness (QED) is 0.724. The standard InChI is InChI=1S/C22H34N4O/c27-22(9-2-1-6-17-7-5-10-23-13-17)25-16-21-19-12-18(14-24-15-19)20-8-3-4-11-26(20)21/h5,7,10,13,18-21,24H,1-4,6,8-9,11-12,14-16H2,(H,25,27)/t18-,19+,20+,21+/m1/s1. The summed E-state index contributed by atoms with van der Waals surface area (Å²) in [6, 6.07) is 5.35. The van der Waals surface area contributed by atoms with E-state index in [0.717, 1.165) is 44.3 Å². The van der Waals surface area contributed by atoms with E-state index in [2.05, 4.69) is 26.6 Å². The third-order valence-electron chi connectivity index (χ3n) is 6.88. The monoisotopic (exact) mass is 370 g/mol. The highest BCUT2D eigenvalue weighted by Crippen LogP contribution is 2.38. The molecule has 3 saturated heterocycles. The number of nitrogens with zero attached hydrogens (tertiary/aromatic N) is 2. The largest absolute Gasteiger partial charge is 0.355 e. The molecule has 148 valence electrons. The highest BCUT2D eigenvalue weighted by atomic mass is 16.1. The number of nitrogens with one attached hydrogen (secondary N) is 2. The number of carbonyl (C=O) groups is 1. The van der Waals surface area contributed by atoms with Crippen LogP contribution in [0, 0.1) is 11.8 Å². The average Bonchev–Trinajstić information content (AvgIpc) is 2.72. The zero-order chi connectivity index (χ0) is 18.5. The summed E-state index contributed by atoms with van der Waals surface area (Å²) in [6.07, 6.45) is 12.8. The summed E-state index contributed by atoms with van der Waals surface area (Å²) in [5.41, 5.74) is 1.26. The van der Waals surface area contributed by atoms with Crippen molar-refractivity contribution >= 4 is 5.91 Å². The first kappa shape index (κ1) is 18.9. The van der Waals surface area contributed by atoms with Crippen molar-refractivity contribution in [2.45, 2.75) is 63.5 Å². The van der Waals surface area contributed by atoms with E-state index in [1.165, 1.54) is 44.3 Å². The predicted octanol–water partition coefficient (Wildman–Crippen LogP) is 2.37. The van der Waals surface area contributed by atoms with Crippen LogP contribution >= 0.6 is 0 Å². The van der Waals surface area contributed by atoms with Crippen molar-refractivity contribution in [2.24, 2.45) is 11.8 Å². The number of fused-ring (bicyclic) bond motifs is 4. The molecule has 0 radical (unpaired) electrons. The van der Waals surface area contributed by atoms with Crippen LogP contribution in [0.3, 0.4) is 0 Å². The molecule has 1 aromatic rings. The van der Waals surface area contributed by atoms with Gasteiger partial charge in [0.2, 0.25) is 5.91 Å². The molecule has 5 nitrogen and oxygen atoms in total. The van der Waals surface area contributed by atoms with Gasteiger partial charge in [0.1, 0.15) is 0 Å². The summed E-state index contributed by atoms with van der Waals surface area (Å²) >= 11 is 0. The van der Waals surface area contributed by atoms with Crippen molar-refractivity contribution in [1.82, 2.24) is 20.5 Å². The topological polar surface area (TPSA) is 57.3 Å². The van der Waals surface area contributed by atoms with E-state index in [0.29, 0.717) is 18.4 Å². The molecule has 2 N–H and O–H groups in total. The maximum Gasteiger partial charge on any atom is 0.220 e. The number of aryl methyl sites for hydroxylation is 1. The predicted molar refractivity (Wildman–Crippen MR) is 107 cm³/mol. The van der Waals surface area contributed by atoms with Gasteiger partial charge < -0.3 is 10.6 Å². The van der Waals surface area contributed by atoms with Gasteiger partial charge in [0.25, 0.3) is 0 Å². The first-order valence-corrected chi connectivity index (χ1v) is 10.9. The van der Waals surface area contributed by atoms with Gasteiger partial charge in [-0.15, -0.1) is 0 Å². The fourth-order valence-corrected chi connectivity index (χ4v) is 5.52. The molecular formula is C22H34N4O. The van der Waals surface area contributed by atoms with Gasteiger partial charge in [-0.25, -0.2) is 0 Å². The Bertz CT molecular complexity index is 608. The molecule has 0 unspecified atom stereocenters. The number of unbranched alkanes of at least 4 members (excludes halogenated alkanes) is 1. The van der Waals surface area contributed by atoms with Crippen LogP contribution in [0.5, 0.6) is 0 Å². The van der Waals surface area contributed by atoms with E-state index in [1.807, 2.05) is 12.3 Å². The molecule has 0 aromatic carbocycles. The molecule has 1 aromatic heterocycles. The highest BCUT2D eigenvalue weighted by Gasteiger charge is 2.45. The molecule has 4 rings (SSSR count). The Morgan fingerprint density at radius 3 is 3.07 bits per heavy atom. The molecule has 3 aliphatic rings. The SMILES string of the molecule is O=C(CCCCc1cccnc1)NC[C@H]1[C@@H]2CNC[C@@H](C2)[C@@H]2CCCCN21. The van der Waals surface area contributed by atoms with E-state index < -0.39 is 0 Å². The minimum Gasteiger partial charge on any atom is -0.355 e. The molecule has 0 saturated carbocycles. The third-order valence-corrected chi connectivity index (χ3v) is 6.88. The third kappa shape index (κ3) is 4.69. The molecule has 0 aliphatic carbocycles. The van der Waals surface area contributed by atoms with Crippen LogP contribution in [-0.4, -0.2) is 54.1 Å². The van der Waals surface area contributed by atoms with E-state index in [-0.39, 0.29) is 5.91 Å². The van der Waals surface area contributed by atoms with Crippen LogP contribution in [0.25, 0.3) is 0 Å². The lowest BCUT2D eigenvalue weighted by Crippen LogP contribution is -2.65. The number of aromatic nitrogens is 1. The van der Waals surface area contributed by atoms with Crippen molar-refractivity contribution in [1.29, 1.82) is 0 Å². The van der Waals surface area contributed by atoms with Gasteiger partial charge in [-0.2, -0.15) is 0 Å². The Morgan fingerprint density at radius 1 is 1.26 bits per heavy atom. The van der Waals surface area contributed by atoms with Gasteiger partial charge in [-0.05, 0) is 81.6 Å². The highest BCUT2D eigenvalue weighted by molar-refractivity contribution is 5.75. The second kappa shape index (κ2) is 9.16. The Morgan fingerprint density at radius 2 is 2.19 bits per heavy atom. The molecule has 0 spiro atoms. The number of amides is 1. The molecule has 2 bridgehead atoms. The summed E-state index contributed by atoms with van der Waals surface area (Å²) in [4.78, 5) is 19.3. The molecule has 4 atom stereocenters. The molecule has 3 fully saturated rings. The normalized spacial score (nSPS) is 30.5. The Labute approximate surface area is 163 Å². The average molecular weight is 371 g/mol. The van der Waals surface area contributed by atoms with Crippen LogP contribution in [0.1, 0.15) is 50.5 Å². The number of rotatable bonds is 7. The van der Waals surface area contributed by atoms with E-state index in [1.54, 1.807) is 6.20 Å². The maximum absolute atomic E-state index is 12.4. The maximum atomic E-state index is 12.4. The van der Waals surface area contributed by atoms with Crippen LogP contribution < -0.4 is 10.6 Å². The van der Waals surface area contributed by atoms with Crippen molar-refractivity contribution in [3.05, 3.63) is 30.1 Å². The molecule has 5 heteroatoms. The Balaban J connectivity index is 1.22. The van der Waals surface area contributed by atoms with Crippen LogP contribution in [-0.2, 0) is 11.2 Å². The molecular weight excluding hydrogens is 336 g/mol. The van der Waals surface area contributed by atoms with Gasteiger partial charge >= 0.3 is 0 Å². The van der Waals surface area contributed by atoms with Crippen LogP contribution in [0.4, 0.5) is 0 Å². The number of hydrogen-bond acceptors (Lipinski definition) is 4. The molecule has 3 aliphatic heterocycles. The van der Waals surface area contributed by atoms with E-state index in [4.69, 9.17) is 0 Å². The number of pyridine rings is 1. The Kier molecular flexibility index (Phi) is 6.40. The van der Waals surface area contributed by atoms with Gasteiger partial charge in [0, 0.05) is 37.4 Å². The lowest BCUT2D eigenvalue weighted by atomic mass is 9.73. The summed E-state index contributed by atoms with van der Waals surface area (Å²) < 4.78 is 0. The van der Waals surface area contributed by atoms with E-state index >= 15 is 0 Å². The molecule has 4 heterocycles. The van der Waals surface area contributed by atoms with Crippen molar-refractivity contribution in [3.8, 4) is 0 Å². The van der Waals surface area contributed by atoms with Gasteiger partial charge in [0.05, 0.1) is 0 Å². The minimum atomic E-state index is 0.223. The second-order valence-electron chi connectivity index (χ2n) is 8.65. The molecule has 1 amide bonds. The first-order chi connectivity index (χ1) is 13.3. The fraction of sp³-hybridized carbons (Fsp3) is 0.727. The van der Waals surface area contributed by atoms with Crippen molar-refractivity contribution < 1.29 is 4.79 Å². The molecule has 27 heavy (non-hydrogen) atoms. The summed E-state index contributed by atoms with van der Waals surface area (Å²) in [6.45, 7) is 4.36. The number of hydrogen-bond donors (Lipinski definition) is 2. The first-order valence-electron chi connectivity index (χ1n) is 10.9. The lowest BCUT2D eigenvalue weighted by molar-refractivity contribution is -0.122. The smallest absolute Gasteiger partial charge is 0.220 e. The van der Waals surface area contributed by atoms with Gasteiger partial charge in [-0.3, -0.25) is 14.7 Å². The number of carbonyl (C=O) groups excluding carboxylic acids is 1. The van der Waals surface area contributed by atoms with Crippen LogP contribution in [0.2, 0.25) is 0 Å². The van der Waals surface area contributed by atoms with Gasteiger partial charge in [0.15, 0.2) is 0 Å². The number of piperidine rings is 3. The van der Waals surface area contributed by atoms with Crippen molar-refractivity contribution in [3.63, 3.8) is 0 Å². The fourth-order valence-electron chi connectivity index (χ4n) is 5.52. The summed E-state index contributed by atoms with van der Waals surface area (Å²) in [5, 5.41) is 6.92. The van der Waals surface area contributed by atoms with Gasteiger partial charge in [-0.1, -0.05) is 12.5 Å². The zero-order valence-electron chi connectivity index (χ0n) is 16.4. The minimum absolute atomic E-state index is 0.223. The summed E-state index contributed by atoms with van der Waals surface area (Å²) in [5.74, 6) is 1.74. The second-order valence-corrected chi connectivity index (χ2v) is 8.65. The van der Waals surface area contributed by atoms with Crippen LogP contribution in [0.15, 0.2) is 24.5 Å². The Hall–Kier alpha value is -1.46. The lowest BCUT2D eigenvalue weighted by Gasteiger charge is -2.55. The summed E-state index contributed by atoms with van der Waals surface area (Å²) in [7, 11) is 0.